The molecule has 4 nitrogen and oxygen atoms in total. The largest absolute Gasteiger partial charge is 0.383 e. The van der Waals surface area contributed by atoms with E-state index in [2.05, 4.69) is 15.5 Å². The molecule has 96 valence electrons. The Kier molecular flexibility index (Phi) is 4.44. The van der Waals surface area contributed by atoms with E-state index in [0.717, 1.165) is 17.8 Å². The van der Waals surface area contributed by atoms with Crippen LogP contribution in [0.3, 0.4) is 0 Å². The third-order valence-corrected chi connectivity index (χ3v) is 2.66. The molecule has 0 amide bonds. The number of nitrogens with zero attached hydrogens (tertiary/aromatic N) is 1. The summed E-state index contributed by atoms with van der Waals surface area (Å²) in [5.74, 6) is -0.250. The lowest BCUT2D eigenvalue weighted by Crippen LogP contribution is -2.18. The van der Waals surface area contributed by atoms with E-state index in [1.165, 1.54) is 6.07 Å². The van der Waals surface area contributed by atoms with Gasteiger partial charge < -0.3 is 10.1 Å². The Labute approximate surface area is 105 Å². The summed E-state index contributed by atoms with van der Waals surface area (Å²) in [5.41, 5.74) is 2.20. The SMILES string of the molecule is COCCNCc1cn[nH]c1-c1ccccc1F. The number of H-pyrrole nitrogens is 1. The maximum Gasteiger partial charge on any atom is 0.132 e. The van der Waals surface area contributed by atoms with Crippen molar-refractivity contribution >= 4 is 0 Å². The molecule has 0 saturated carbocycles. The minimum Gasteiger partial charge on any atom is -0.383 e. The van der Waals surface area contributed by atoms with Crippen LogP contribution in [0.1, 0.15) is 5.56 Å². The third kappa shape index (κ3) is 2.94. The van der Waals surface area contributed by atoms with Crippen LogP contribution in [0.5, 0.6) is 0 Å². The Bertz CT molecular complexity index is 498. The first kappa shape index (κ1) is 12.7. The number of benzene rings is 1. The van der Waals surface area contributed by atoms with E-state index in [1.807, 2.05) is 0 Å². The Hall–Kier alpha value is -1.72. The highest BCUT2D eigenvalue weighted by Crippen LogP contribution is 2.23. The van der Waals surface area contributed by atoms with E-state index in [0.29, 0.717) is 18.7 Å². The van der Waals surface area contributed by atoms with Gasteiger partial charge in [-0.25, -0.2) is 4.39 Å². The fraction of sp³-hybridized carbons (Fsp3) is 0.308. The lowest BCUT2D eigenvalue weighted by molar-refractivity contribution is 0.199. The quantitative estimate of drug-likeness (QED) is 0.769. The van der Waals surface area contributed by atoms with Crippen LogP contribution in [0.2, 0.25) is 0 Å². The van der Waals surface area contributed by atoms with Crippen LogP contribution in [0, 0.1) is 5.82 Å². The van der Waals surface area contributed by atoms with Crippen molar-refractivity contribution in [1.29, 1.82) is 0 Å². The molecule has 18 heavy (non-hydrogen) atoms. The first-order chi connectivity index (χ1) is 8.83. The summed E-state index contributed by atoms with van der Waals surface area (Å²) >= 11 is 0. The molecular weight excluding hydrogens is 233 g/mol. The minimum absolute atomic E-state index is 0.250. The van der Waals surface area contributed by atoms with Crippen molar-refractivity contribution in [2.45, 2.75) is 6.54 Å². The number of rotatable bonds is 6. The van der Waals surface area contributed by atoms with Gasteiger partial charge in [-0.3, -0.25) is 5.10 Å². The van der Waals surface area contributed by atoms with Crippen molar-refractivity contribution < 1.29 is 9.13 Å². The molecule has 1 heterocycles. The number of hydrogen-bond donors (Lipinski definition) is 2. The van der Waals surface area contributed by atoms with Crippen LogP contribution in [0.15, 0.2) is 30.5 Å². The van der Waals surface area contributed by atoms with Crippen LogP contribution < -0.4 is 5.32 Å². The second kappa shape index (κ2) is 6.28. The summed E-state index contributed by atoms with van der Waals surface area (Å²) < 4.78 is 18.6. The first-order valence-electron chi connectivity index (χ1n) is 5.79. The lowest BCUT2D eigenvalue weighted by atomic mass is 10.1. The highest BCUT2D eigenvalue weighted by molar-refractivity contribution is 5.63. The van der Waals surface area contributed by atoms with Crippen molar-refractivity contribution in [2.24, 2.45) is 0 Å². The van der Waals surface area contributed by atoms with Gasteiger partial charge in [0.1, 0.15) is 5.82 Å². The maximum atomic E-state index is 13.7. The van der Waals surface area contributed by atoms with E-state index in [4.69, 9.17) is 4.74 Å². The zero-order valence-electron chi connectivity index (χ0n) is 10.2. The van der Waals surface area contributed by atoms with Crippen LogP contribution in [0.4, 0.5) is 4.39 Å². The molecule has 0 aliphatic carbocycles. The van der Waals surface area contributed by atoms with Gasteiger partial charge in [0.15, 0.2) is 0 Å². The Balaban J connectivity index is 2.10. The first-order valence-corrected chi connectivity index (χ1v) is 5.79. The summed E-state index contributed by atoms with van der Waals surface area (Å²) in [7, 11) is 1.66. The topological polar surface area (TPSA) is 49.9 Å². The van der Waals surface area contributed by atoms with Crippen molar-refractivity contribution in [1.82, 2.24) is 15.5 Å². The molecule has 2 rings (SSSR count). The summed E-state index contributed by atoms with van der Waals surface area (Å²) in [4.78, 5) is 0. The van der Waals surface area contributed by atoms with E-state index < -0.39 is 0 Å². The second-order valence-electron chi connectivity index (χ2n) is 3.92. The van der Waals surface area contributed by atoms with Crippen LogP contribution in [-0.2, 0) is 11.3 Å². The van der Waals surface area contributed by atoms with E-state index in [1.54, 1.807) is 31.5 Å². The molecule has 0 radical (unpaired) electrons. The smallest absolute Gasteiger partial charge is 0.132 e. The van der Waals surface area contributed by atoms with E-state index >= 15 is 0 Å². The van der Waals surface area contributed by atoms with Crippen LogP contribution >= 0.6 is 0 Å². The molecule has 0 saturated heterocycles. The van der Waals surface area contributed by atoms with Gasteiger partial charge in [-0.05, 0) is 12.1 Å². The molecule has 0 spiro atoms. The van der Waals surface area contributed by atoms with Gasteiger partial charge in [-0.15, -0.1) is 0 Å². The summed E-state index contributed by atoms with van der Waals surface area (Å²) in [6, 6.07) is 6.66. The molecule has 0 bridgehead atoms. The van der Waals surface area contributed by atoms with Gasteiger partial charge in [0.05, 0.1) is 18.5 Å². The molecule has 2 aromatic rings. The number of nitrogens with one attached hydrogen (secondary N) is 2. The zero-order valence-corrected chi connectivity index (χ0v) is 10.2. The molecule has 5 heteroatoms. The summed E-state index contributed by atoms with van der Waals surface area (Å²) in [5, 5.41) is 10.0. The van der Waals surface area contributed by atoms with E-state index in [-0.39, 0.29) is 5.82 Å². The Morgan fingerprint density at radius 1 is 1.39 bits per heavy atom. The van der Waals surface area contributed by atoms with Gasteiger partial charge in [-0.2, -0.15) is 5.10 Å². The molecule has 0 aliphatic rings. The van der Waals surface area contributed by atoms with Crippen molar-refractivity contribution in [2.75, 3.05) is 20.3 Å². The maximum absolute atomic E-state index is 13.7. The standard InChI is InChI=1S/C13H16FN3O/c1-18-7-6-15-8-10-9-16-17-13(10)11-4-2-3-5-12(11)14/h2-5,9,15H,6-8H2,1H3,(H,16,17). The Morgan fingerprint density at radius 3 is 3.00 bits per heavy atom. The normalized spacial score (nSPS) is 10.8. The number of aromatic nitrogens is 2. The predicted molar refractivity (Wildman–Crippen MR) is 67.6 cm³/mol. The molecule has 1 aromatic heterocycles. The third-order valence-electron chi connectivity index (χ3n) is 2.66. The van der Waals surface area contributed by atoms with Crippen LogP contribution in [0.25, 0.3) is 11.3 Å². The van der Waals surface area contributed by atoms with E-state index in [9.17, 15) is 4.39 Å². The molecule has 0 aliphatic heterocycles. The number of hydrogen-bond acceptors (Lipinski definition) is 3. The predicted octanol–water partition coefficient (Wildman–Crippen LogP) is 1.95. The fourth-order valence-electron chi connectivity index (χ4n) is 1.74. The van der Waals surface area contributed by atoms with Crippen molar-refractivity contribution in [3.05, 3.63) is 41.8 Å². The highest BCUT2D eigenvalue weighted by Gasteiger charge is 2.10. The van der Waals surface area contributed by atoms with Crippen LogP contribution in [-0.4, -0.2) is 30.5 Å². The van der Waals surface area contributed by atoms with Gasteiger partial charge >= 0.3 is 0 Å². The summed E-state index contributed by atoms with van der Waals surface area (Å²) in [6.45, 7) is 2.02. The molecule has 2 N–H and O–H groups in total. The highest BCUT2D eigenvalue weighted by atomic mass is 19.1. The minimum atomic E-state index is -0.250. The number of aromatic amines is 1. The van der Waals surface area contributed by atoms with Gasteiger partial charge in [-0.1, -0.05) is 12.1 Å². The average molecular weight is 249 g/mol. The number of methoxy groups -OCH3 is 1. The van der Waals surface area contributed by atoms with Crippen molar-refractivity contribution in [3.8, 4) is 11.3 Å². The molecular formula is C13H16FN3O. The van der Waals surface area contributed by atoms with Gasteiger partial charge in [0.25, 0.3) is 0 Å². The second-order valence-corrected chi connectivity index (χ2v) is 3.92. The molecule has 0 atom stereocenters. The lowest BCUT2D eigenvalue weighted by Gasteiger charge is -2.06. The molecule has 0 fully saturated rings. The Morgan fingerprint density at radius 2 is 2.22 bits per heavy atom. The van der Waals surface area contributed by atoms with Crippen molar-refractivity contribution in [3.63, 3.8) is 0 Å². The average Bonchev–Trinajstić information content (AvgIpc) is 2.83. The number of ether oxygens (including phenoxy) is 1. The zero-order chi connectivity index (χ0) is 12.8. The fourth-order valence-corrected chi connectivity index (χ4v) is 1.74. The van der Waals surface area contributed by atoms with Gasteiger partial charge in [0.2, 0.25) is 0 Å². The summed E-state index contributed by atoms with van der Waals surface area (Å²) in [6.07, 6.45) is 1.71. The monoisotopic (exact) mass is 249 g/mol. The molecule has 1 aromatic carbocycles. The molecule has 0 unspecified atom stereocenters. The van der Waals surface area contributed by atoms with Gasteiger partial charge in [0, 0.05) is 31.3 Å². The number of halogens is 1.